The zero-order chi connectivity index (χ0) is 12.1. The second kappa shape index (κ2) is 8.98. The van der Waals surface area contributed by atoms with Crippen LogP contribution in [0.25, 0.3) is 0 Å². The number of nitrogens with one attached hydrogen (secondary N) is 1. The molecule has 0 radical (unpaired) electrons. The van der Waals surface area contributed by atoms with Gasteiger partial charge in [-0.25, -0.2) is 4.79 Å². The van der Waals surface area contributed by atoms with E-state index < -0.39 is 0 Å². The Labute approximate surface area is 125 Å². The SMILES string of the molecule is Cl.Cl.NNCC1CN(C(=O)OCc2ccccc2)C1. The Balaban J connectivity index is 0.00000162. The maximum atomic E-state index is 11.6. The molecule has 0 spiro atoms. The smallest absolute Gasteiger partial charge is 0.410 e. The fourth-order valence-corrected chi connectivity index (χ4v) is 1.83. The highest BCUT2D eigenvalue weighted by atomic mass is 35.5. The first kappa shape index (κ1) is 18.0. The molecule has 7 heteroatoms. The Kier molecular flexibility index (Phi) is 8.51. The molecule has 0 bridgehead atoms. The van der Waals surface area contributed by atoms with Crippen molar-refractivity contribution in [1.82, 2.24) is 10.3 Å². The van der Waals surface area contributed by atoms with Gasteiger partial charge < -0.3 is 9.64 Å². The minimum Gasteiger partial charge on any atom is -0.445 e. The molecule has 1 aliphatic rings. The first-order chi connectivity index (χ1) is 8.29. The molecule has 0 unspecified atom stereocenters. The van der Waals surface area contributed by atoms with Crippen molar-refractivity contribution in [3.8, 4) is 0 Å². The molecule has 1 saturated heterocycles. The van der Waals surface area contributed by atoms with E-state index in [1.807, 2.05) is 30.3 Å². The number of carbonyl (C=O) groups excluding carboxylic acids is 1. The highest BCUT2D eigenvalue weighted by molar-refractivity contribution is 5.85. The Morgan fingerprint density at radius 3 is 2.53 bits per heavy atom. The molecule has 1 fully saturated rings. The predicted octanol–water partition coefficient (Wildman–Crippen LogP) is 1.56. The van der Waals surface area contributed by atoms with Gasteiger partial charge in [-0.1, -0.05) is 30.3 Å². The van der Waals surface area contributed by atoms with Crippen LogP contribution in [-0.2, 0) is 11.3 Å². The summed E-state index contributed by atoms with van der Waals surface area (Å²) in [7, 11) is 0. The topological polar surface area (TPSA) is 67.6 Å². The Morgan fingerprint density at radius 2 is 1.95 bits per heavy atom. The highest BCUT2D eigenvalue weighted by Crippen LogP contribution is 2.16. The molecule has 1 aliphatic heterocycles. The van der Waals surface area contributed by atoms with Crippen molar-refractivity contribution in [2.24, 2.45) is 11.8 Å². The molecule has 1 heterocycles. The van der Waals surface area contributed by atoms with Gasteiger partial charge in [0.15, 0.2) is 0 Å². The first-order valence-electron chi connectivity index (χ1n) is 5.68. The van der Waals surface area contributed by atoms with E-state index in [2.05, 4.69) is 5.43 Å². The summed E-state index contributed by atoms with van der Waals surface area (Å²) in [5.74, 6) is 5.66. The summed E-state index contributed by atoms with van der Waals surface area (Å²) >= 11 is 0. The van der Waals surface area contributed by atoms with Gasteiger partial charge in [0.2, 0.25) is 0 Å². The van der Waals surface area contributed by atoms with Crippen molar-refractivity contribution in [2.45, 2.75) is 6.61 Å². The number of likely N-dealkylation sites (tertiary alicyclic amines) is 1. The van der Waals surface area contributed by atoms with E-state index in [0.717, 1.165) is 25.2 Å². The number of amides is 1. The van der Waals surface area contributed by atoms with Crippen LogP contribution < -0.4 is 11.3 Å². The molecular formula is C12H19Cl2N3O2. The summed E-state index contributed by atoms with van der Waals surface area (Å²) in [6.07, 6.45) is -0.248. The number of carbonyl (C=O) groups is 1. The molecule has 0 saturated carbocycles. The minimum atomic E-state index is -0.248. The summed E-state index contributed by atoms with van der Waals surface area (Å²) < 4.78 is 5.19. The molecule has 108 valence electrons. The average Bonchev–Trinajstić information content (AvgIpc) is 2.31. The summed E-state index contributed by atoms with van der Waals surface area (Å²) in [6.45, 7) is 2.51. The number of rotatable bonds is 4. The van der Waals surface area contributed by atoms with E-state index in [9.17, 15) is 4.79 Å². The van der Waals surface area contributed by atoms with Crippen molar-refractivity contribution in [1.29, 1.82) is 0 Å². The van der Waals surface area contributed by atoms with Gasteiger partial charge in [-0.3, -0.25) is 11.3 Å². The number of nitrogens with zero attached hydrogens (tertiary/aromatic N) is 1. The van der Waals surface area contributed by atoms with Crippen molar-refractivity contribution in [3.05, 3.63) is 35.9 Å². The fraction of sp³-hybridized carbons (Fsp3) is 0.417. The third kappa shape index (κ3) is 5.24. The van der Waals surface area contributed by atoms with Crippen LogP contribution in [-0.4, -0.2) is 30.6 Å². The summed E-state index contributed by atoms with van der Waals surface area (Å²) in [4.78, 5) is 13.3. The van der Waals surface area contributed by atoms with Crippen molar-refractivity contribution in [3.63, 3.8) is 0 Å². The number of benzene rings is 1. The molecule has 1 aromatic carbocycles. The number of nitrogens with two attached hydrogens (primary N) is 1. The first-order valence-corrected chi connectivity index (χ1v) is 5.68. The number of ether oxygens (including phenoxy) is 1. The number of hydrazine groups is 1. The van der Waals surface area contributed by atoms with E-state index in [4.69, 9.17) is 10.6 Å². The quantitative estimate of drug-likeness (QED) is 0.654. The van der Waals surface area contributed by atoms with Crippen LogP contribution in [0, 0.1) is 5.92 Å². The summed E-state index contributed by atoms with van der Waals surface area (Å²) in [5.41, 5.74) is 3.61. The van der Waals surface area contributed by atoms with Crippen LogP contribution in [0.1, 0.15) is 5.56 Å². The van der Waals surface area contributed by atoms with Crippen molar-refractivity contribution < 1.29 is 9.53 Å². The van der Waals surface area contributed by atoms with Crippen LogP contribution >= 0.6 is 24.8 Å². The summed E-state index contributed by atoms with van der Waals surface area (Å²) in [5, 5.41) is 0. The standard InChI is InChI=1S/C12H17N3O2.2ClH/c13-14-6-11-7-15(8-11)12(16)17-9-10-4-2-1-3-5-10;;/h1-5,11,14H,6-9,13H2;2*1H. The van der Waals surface area contributed by atoms with E-state index in [1.165, 1.54) is 0 Å². The lowest BCUT2D eigenvalue weighted by Crippen LogP contribution is -2.54. The lowest BCUT2D eigenvalue weighted by Gasteiger charge is -2.38. The Hall–Kier alpha value is -1.01. The number of hydrogen-bond acceptors (Lipinski definition) is 4. The summed E-state index contributed by atoms with van der Waals surface area (Å²) in [6, 6.07) is 9.66. The zero-order valence-electron chi connectivity index (χ0n) is 10.5. The molecule has 5 nitrogen and oxygen atoms in total. The van der Waals surface area contributed by atoms with Gasteiger partial charge in [0, 0.05) is 25.6 Å². The average molecular weight is 308 g/mol. The molecule has 1 aromatic rings. The maximum Gasteiger partial charge on any atom is 0.410 e. The monoisotopic (exact) mass is 307 g/mol. The third-order valence-electron chi connectivity index (χ3n) is 2.83. The van der Waals surface area contributed by atoms with Gasteiger partial charge in [-0.15, -0.1) is 24.8 Å². The fourth-order valence-electron chi connectivity index (χ4n) is 1.83. The Bertz CT molecular complexity index is 372. The maximum absolute atomic E-state index is 11.6. The lowest BCUT2D eigenvalue weighted by atomic mass is 10.0. The zero-order valence-corrected chi connectivity index (χ0v) is 12.1. The molecule has 3 N–H and O–H groups in total. The van der Waals surface area contributed by atoms with Crippen molar-refractivity contribution in [2.75, 3.05) is 19.6 Å². The van der Waals surface area contributed by atoms with E-state index in [0.29, 0.717) is 12.5 Å². The number of halogens is 2. The Morgan fingerprint density at radius 1 is 1.32 bits per heavy atom. The molecule has 2 rings (SSSR count). The normalized spacial score (nSPS) is 13.8. The van der Waals surface area contributed by atoms with Gasteiger partial charge in [0.1, 0.15) is 6.61 Å². The van der Waals surface area contributed by atoms with Crippen molar-refractivity contribution >= 4 is 30.9 Å². The second-order valence-electron chi connectivity index (χ2n) is 4.22. The molecule has 19 heavy (non-hydrogen) atoms. The predicted molar refractivity (Wildman–Crippen MR) is 78.4 cm³/mol. The third-order valence-corrected chi connectivity index (χ3v) is 2.83. The lowest BCUT2D eigenvalue weighted by molar-refractivity contribution is 0.0496. The van der Waals surface area contributed by atoms with Gasteiger partial charge in [-0.2, -0.15) is 0 Å². The van der Waals surface area contributed by atoms with Gasteiger partial charge in [0.05, 0.1) is 0 Å². The molecule has 0 aliphatic carbocycles. The van der Waals surface area contributed by atoms with E-state index in [1.54, 1.807) is 4.90 Å². The van der Waals surface area contributed by atoms with Crippen LogP contribution in [0.3, 0.4) is 0 Å². The van der Waals surface area contributed by atoms with Crippen LogP contribution in [0.4, 0.5) is 4.79 Å². The van der Waals surface area contributed by atoms with Crippen LogP contribution in [0.2, 0.25) is 0 Å². The van der Waals surface area contributed by atoms with Gasteiger partial charge in [-0.05, 0) is 5.56 Å². The van der Waals surface area contributed by atoms with Crippen LogP contribution in [0.15, 0.2) is 30.3 Å². The minimum absolute atomic E-state index is 0. The van der Waals surface area contributed by atoms with E-state index in [-0.39, 0.29) is 30.9 Å². The van der Waals surface area contributed by atoms with Gasteiger partial charge >= 0.3 is 6.09 Å². The molecule has 0 atom stereocenters. The molecule has 0 aromatic heterocycles. The second-order valence-corrected chi connectivity index (χ2v) is 4.22. The highest BCUT2D eigenvalue weighted by Gasteiger charge is 2.30. The molecular weight excluding hydrogens is 289 g/mol. The largest absolute Gasteiger partial charge is 0.445 e. The molecule has 1 amide bonds. The van der Waals surface area contributed by atoms with Crippen LogP contribution in [0.5, 0.6) is 0 Å². The number of hydrogen-bond donors (Lipinski definition) is 2. The van der Waals surface area contributed by atoms with E-state index >= 15 is 0 Å². The van der Waals surface area contributed by atoms with Gasteiger partial charge in [0.25, 0.3) is 0 Å².